The summed E-state index contributed by atoms with van der Waals surface area (Å²) in [6.07, 6.45) is 1.82. The number of nitrogens with zero attached hydrogens (tertiary/aromatic N) is 1. The molecule has 1 saturated heterocycles. The minimum Gasteiger partial charge on any atom is -0.480 e. The maximum Gasteiger partial charge on any atom is 0.328 e. The highest BCUT2D eigenvalue weighted by atomic mass is 16.5. The van der Waals surface area contributed by atoms with Gasteiger partial charge >= 0.3 is 5.97 Å². The highest BCUT2D eigenvalue weighted by Gasteiger charge is 2.39. The highest BCUT2D eigenvalue weighted by molar-refractivity contribution is 5.80. The first kappa shape index (κ1) is 15.9. The summed E-state index contributed by atoms with van der Waals surface area (Å²) in [4.78, 5) is 14.1. The van der Waals surface area contributed by atoms with E-state index in [9.17, 15) is 9.90 Å². The maximum absolute atomic E-state index is 11.9. The summed E-state index contributed by atoms with van der Waals surface area (Å²) in [6, 6.07) is 9.39. The Morgan fingerprint density at radius 3 is 2.71 bits per heavy atom. The van der Waals surface area contributed by atoms with Gasteiger partial charge in [-0.15, -0.1) is 0 Å². The zero-order valence-corrected chi connectivity index (χ0v) is 12.7. The molecule has 0 saturated carbocycles. The van der Waals surface area contributed by atoms with E-state index in [4.69, 9.17) is 4.74 Å². The molecule has 2 rings (SSSR count). The van der Waals surface area contributed by atoms with Crippen molar-refractivity contribution in [2.24, 2.45) is 0 Å². The molecule has 0 aliphatic carbocycles. The van der Waals surface area contributed by atoms with Crippen molar-refractivity contribution in [3.63, 3.8) is 0 Å². The van der Waals surface area contributed by atoms with Crippen molar-refractivity contribution in [1.82, 2.24) is 10.2 Å². The quantitative estimate of drug-likeness (QED) is 0.793. The Hall–Kier alpha value is -1.43. The summed E-state index contributed by atoms with van der Waals surface area (Å²) in [6.45, 7) is 2.58. The predicted molar refractivity (Wildman–Crippen MR) is 81.3 cm³/mol. The van der Waals surface area contributed by atoms with Gasteiger partial charge in [0.15, 0.2) is 0 Å². The van der Waals surface area contributed by atoms with Crippen molar-refractivity contribution in [2.45, 2.75) is 24.5 Å². The third-order valence-electron chi connectivity index (χ3n) is 4.42. The molecule has 5 nitrogen and oxygen atoms in total. The Balaban J connectivity index is 2.09. The number of hydrogen-bond donors (Lipinski definition) is 2. The van der Waals surface area contributed by atoms with E-state index in [0.717, 1.165) is 31.6 Å². The number of carboxylic acids is 1. The molecule has 2 unspecified atom stereocenters. The number of nitrogens with one attached hydrogen (secondary N) is 1. The van der Waals surface area contributed by atoms with Gasteiger partial charge in [-0.25, -0.2) is 4.79 Å². The molecule has 1 fully saturated rings. The lowest BCUT2D eigenvalue weighted by atomic mass is 9.86. The van der Waals surface area contributed by atoms with Crippen LogP contribution in [0.3, 0.4) is 0 Å². The molecule has 1 aliphatic rings. The van der Waals surface area contributed by atoms with Crippen LogP contribution in [0.25, 0.3) is 0 Å². The lowest BCUT2D eigenvalue weighted by molar-refractivity contribution is -0.145. The van der Waals surface area contributed by atoms with Crippen molar-refractivity contribution < 1.29 is 14.6 Å². The molecule has 116 valence electrons. The SMILES string of the molecule is CNC(CCN1CCC(OC)C1)(C(=O)O)c1ccccc1. The van der Waals surface area contributed by atoms with Gasteiger partial charge in [-0.2, -0.15) is 0 Å². The van der Waals surface area contributed by atoms with Crippen LogP contribution in [0.2, 0.25) is 0 Å². The van der Waals surface area contributed by atoms with Crippen LogP contribution in [0, 0.1) is 0 Å². The standard InChI is InChI=1S/C16H24N2O3/c1-17-16(15(19)20,13-6-4-3-5-7-13)9-11-18-10-8-14(12-18)21-2/h3-7,14,17H,8-12H2,1-2H3,(H,19,20). The van der Waals surface area contributed by atoms with Gasteiger partial charge in [0, 0.05) is 26.7 Å². The second-order valence-electron chi connectivity index (χ2n) is 5.52. The first-order valence-corrected chi connectivity index (χ1v) is 7.35. The molecule has 2 atom stereocenters. The summed E-state index contributed by atoms with van der Waals surface area (Å²) in [5, 5.41) is 12.8. The first-order chi connectivity index (χ1) is 10.1. The van der Waals surface area contributed by atoms with E-state index >= 15 is 0 Å². The van der Waals surface area contributed by atoms with Crippen LogP contribution in [-0.4, -0.2) is 55.9 Å². The summed E-state index contributed by atoms with van der Waals surface area (Å²) in [5.74, 6) is -0.835. The predicted octanol–water partition coefficient (Wildman–Crippen LogP) is 1.30. The molecular formula is C16H24N2O3. The Morgan fingerprint density at radius 2 is 2.19 bits per heavy atom. The number of benzene rings is 1. The molecule has 5 heteroatoms. The fraction of sp³-hybridized carbons (Fsp3) is 0.562. The molecule has 1 aromatic carbocycles. The zero-order chi connectivity index (χ0) is 15.3. The van der Waals surface area contributed by atoms with Gasteiger partial charge in [-0.3, -0.25) is 0 Å². The third-order valence-corrected chi connectivity index (χ3v) is 4.42. The number of likely N-dealkylation sites (tertiary alicyclic amines) is 1. The van der Waals surface area contributed by atoms with Crippen LogP contribution >= 0.6 is 0 Å². The van der Waals surface area contributed by atoms with E-state index in [2.05, 4.69) is 10.2 Å². The number of carboxylic acid groups (broad SMARTS) is 1. The lowest BCUT2D eigenvalue weighted by Gasteiger charge is -2.31. The Bertz CT molecular complexity index is 466. The summed E-state index contributed by atoms with van der Waals surface area (Å²) in [5.41, 5.74) is -0.241. The second kappa shape index (κ2) is 7.02. The van der Waals surface area contributed by atoms with Gasteiger partial charge in [0.05, 0.1) is 6.10 Å². The van der Waals surface area contributed by atoms with Gasteiger partial charge < -0.3 is 20.1 Å². The molecule has 21 heavy (non-hydrogen) atoms. The van der Waals surface area contributed by atoms with Crippen LogP contribution in [0.1, 0.15) is 18.4 Å². The van der Waals surface area contributed by atoms with E-state index in [1.54, 1.807) is 14.2 Å². The normalized spacial score (nSPS) is 22.1. The third kappa shape index (κ3) is 3.43. The van der Waals surface area contributed by atoms with Gasteiger partial charge in [0.1, 0.15) is 5.54 Å². The van der Waals surface area contributed by atoms with Crippen LogP contribution < -0.4 is 5.32 Å². The minimum absolute atomic E-state index is 0.274. The second-order valence-corrected chi connectivity index (χ2v) is 5.52. The van der Waals surface area contributed by atoms with E-state index < -0.39 is 11.5 Å². The number of aliphatic carboxylic acids is 1. The molecule has 2 N–H and O–H groups in total. The summed E-state index contributed by atoms with van der Waals surface area (Å²) < 4.78 is 5.36. The summed E-state index contributed by atoms with van der Waals surface area (Å²) in [7, 11) is 3.44. The minimum atomic E-state index is -1.04. The molecule has 0 bridgehead atoms. The Labute approximate surface area is 125 Å². The number of methoxy groups -OCH3 is 1. The van der Waals surface area contributed by atoms with Crippen molar-refractivity contribution in [2.75, 3.05) is 33.8 Å². The molecule has 1 heterocycles. The smallest absolute Gasteiger partial charge is 0.328 e. The highest BCUT2D eigenvalue weighted by Crippen LogP contribution is 2.26. The maximum atomic E-state index is 11.9. The topological polar surface area (TPSA) is 61.8 Å². The van der Waals surface area contributed by atoms with Gasteiger partial charge in [0.25, 0.3) is 0 Å². The van der Waals surface area contributed by atoms with Crippen molar-refractivity contribution in [1.29, 1.82) is 0 Å². The van der Waals surface area contributed by atoms with E-state index in [-0.39, 0.29) is 6.10 Å². The van der Waals surface area contributed by atoms with Crippen molar-refractivity contribution >= 4 is 5.97 Å². The zero-order valence-electron chi connectivity index (χ0n) is 12.7. The van der Waals surface area contributed by atoms with Gasteiger partial charge in [-0.1, -0.05) is 30.3 Å². The van der Waals surface area contributed by atoms with Crippen molar-refractivity contribution in [3.05, 3.63) is 35.9 Å². The van der Waals surface area contributed by atoms with Crippen LogP contribution in [0.4, 0.5) is 0 Å². The lowest BCUT2D eigenvalue weighted by Crippen LogP contribution is -2.49. The fourth-order valence-corrected chi connectivity index (χ4v) is 2.99. The average Bonchev–Trinajstić information content (AvgIpc) is 2.97. The number of rotatable bonds is 7. The van der Waals surface area contributed by atoms with Gasteiger partial charge in [-0.05, 0) is 25.5 Å². The Morgan fingerprint density at radius 1 is 1.48 bits per heavy atom. The number of likely N-dealkylation sites (N-methyl/N-ethyl adjacent to an activating group) is 1. The van der Waals surface area contributed by atoms with Gasteiger partial charge in [0.2, 0.25) is 0 Å². The molecule has 0 amide bonds. The molecule has 0 radical (unpaired) electrons. The first-order valence-electron chi connectivity index (χ1n) is 7.35. The van der Waals surface area contributed by atoms with Crippen molar-refractivity contribution in [3.8, 4) is 0 Å². The number of carbonyl (C=O) groups is 1. The van der Waals surface area contributed by atoms with E-state index in [0.29, 0.717) is 6.42 Å². The van der Waals surface area contributed by atoms with E-state index in [1.807, 2.05) is 30.3 Å². The Kier molecular flexibility index (Phi) is 5.33. The molecule has 0 aromatic heterocycles. The molecule has 0 spiro atoms. The molecular weight excluding hydrogens is 268 g/mol. The largest absolute Gasteiger partial charge is 0.480 e. The monoisotopic (exact) mass is 292 g/mol. The summed E-state index contributed by atoms with van der Waals surface area (Å²) >= 11 is 0. The average molecular weight is 292 g/mol. The molecule has 1 aliphatic heterocycles. The van der Waals surface area contributed by atoms with Crippen LogP contribution in [-0.2, 0) is 15.1 Å². The van der Waals surface area contributed by atoms with E-state index in [1.165, 1.54) is 0 Å². The number of ether oxygens (including phenoxy) is 1. The molecule has 1 aromatic rings. The van der Waals surface area contributed by atoms with Crippen LogP contribution in [0.15, 0.2) is 30.3 Å². The number of hydrogen-bond acceptors (Lipinski definition) is 4. The fourth-order valence-electron chi connectivity index (χ4n) is 2.99. The van der Waals surface area contributed by atoms with Crippen LogP contribution in [0.5, 0.6) is 0 Å².